The first-order valence-corrected chi connectivity index (χ1v) is 11.2. The van der Waals surface area contributed by atoms with Gasteiger partial charge >= 0.3 is 0 Å². The summed E-state index contributed by atoms with van der Waals surface area (Å²) >= 11 is 4.78. The zero-order chi connectivity index (χ0) is 18.5. The summed E-state index contributed by atoms with van der Waals surface area (Å²) in [6, 6.07) is 6.01. The van der Waals surface area contributed by atoms with Gasteiger partial charge < -0.3 is 4.90 Å². The molecular formula is C19H15N3O2S3. The summed E-state index contributed by atoms with van der Waals surface area (Å²) in [5, 5.41) is 5.98. The Balaban J connectivity index is 1.63. The molecule has 1 aliphatic heterocycles. The van der Waals surface area contributed by atoms with E-state index < -0.39 is 0 Å². The minimum Gasteiger partial charge on any atom is -0.326 e. The lowest BCUT2D eigenvalue weighted by atomic mass is 9.97. The summed E-state index contributed by atoms with van der Waals surface area (Å²) in [6.07, 6.45) is 2.25. The van der Waals surface area contributed by atoms with Crippen LogP contribution in [0.25, 0.3) is 4.96 Å². The van der Waals surface area contributed by atoms with Gasteiger partial charge in [0.1, 0.15) is 5.56 Å². The zero-order valence-electron chi connectivity index (χ0n) is 14.4. The Morgan fingerprint density at radius 1 is 1.22 bits per heavy atom. The van der Waals surface area contributed by atoms with Gasteiger partial charge in [0.2, 0.25) is 0 Å². The molecule has 1 aliphatic rings. The van der Waals surface area contributed by atoms with Gasteiger partial charge in [0.15, 0.2) is 4.96 Å². The van der Waals surface area contributed by atoms with E-state index in [2.05, 4.69) is 22.5 Å². The van der Waals surface area contributed by atoms with Crippen LogP contribution in [0.2, 0.25) is 0 Å². The van der Waals surface area contributed by atoms with Crippen LogP contribution in [0.3, 0.4) is 0 Å². The fourth-order valence-electron chi connectivity index (χ4n) is 3.62. The maximum atomic E-state index is 13.4. The van der Waals surface area contributed by atoms with Gasteiger partial charge in [-0.1, -0.05) is 6.07 Å². The first-order chi connectivity index (χ1) is 13.1. The van der Waals surface area contributed by atoms with Crippen molar-refractivity contribution in [2.24, 2.45) is 0 Å². The number of aromatic nitrogens is 2. The Hall–Kier alpha value is -2.29. The molecule has 136 valence electrons. The Morgan fingerprint density at radius 2 is 2.11 bits per heavy atom. The summed E-state index contributed by atoms with van der Waals surface area (Å²) in [5.74, 6) is -0.247. The van der Waals surface area contributed by atoms with Crippen LogP contribution in [0.15, 0.2) is 45.3 Å². The number of hydrogen-bond acceptors (Lipinski definition) is 6. The standard InChI is InChI=1S/C19H15N3O2S3/c1-11-10-27-19-20-9-13(18(24)22(11)19)17(23)21-6-4-14-12(5-8-26-14)16(21)15-3-2-7-25-15/h2-3,5,7-10,16H,4,6H2,1H3/t16-/m1/s1. The maximum absolute atomic E-state index is 13.4. The van der Waals surface area contributed by atoms with Crippen molar-refractivity contribution < 1.29 is 4.79 Å². The fourth-order valence-corrected chi connectivity index (χ4v) is 6.20. The van der Waals surface area contributed by atoms with Crippen LogP contribution in [0, 0.1) is 6.92 Å². The maximum Gasteiger partial charge on any atom is 0.271 e. The van der Waals surface area contributed by atoms with Crippen LogP contribution in [-0.4, -0.2) is 26.7 Å². The van der Waals surface area contributed by atoms with Crippen LogP contribution in [0.1, 0.15) is 37.4 Å². The number of amides is 1. The van der Waals surface area contributed by atoms with Gasteiger partial charge in [-0.15, -0.1) is 34.0 Å². The van der Waals surface area contributed by atoms with Crippen molar-refractivity contribution >= 4 is 44.9 Å². The molecule has 4 aromatic rings. The van der Waals surface area contributed by atoms with E-state index in [0.717, 1.165) is 17.0 Å². The lowest BCUT2D eigenvalue weighted by molar-refractivity contribution is 0.0696. The van der Waals surface area contributed by atoms with Gasteiger partial charge in [0, 0.05) is 33.6 Å². The highest BCUT2D eigenvalue weighted by atomic mass is 32.1. The summed E-state index contributed by atoms with van der Waals surface area (Å²) in [6.45, 7) is 2.45. The number of aryl methyl sites for hydroxylation is 1. The molecular weight excluding hydrogens is 398 g/mol. The summed E-state index contributed by atoms with van der Waals surface area (Å²) in [7, 11) is 0. The molecule has 1 amide bonds. The molecule has 8 heteroatoms. The molecule has 4 aromatic heterocycles. The Labute approximate surface area is 167 Å². The van der Waals surface area contributed by atoms with Gasteiger partial charge in [-0.2, -0.15) is 0 Å². The average Bonchev–Trinajstić information content (AvgIpc) is 3.41. The number of thiophene rings is 2. The van der Waals surface area contributed by atoms with Crippen molar-refractivity contribution in [2.45, 2.75) is 19.4 Å². The Morgan fingerprint density at radius 3 is 2.93 bits per heavy atom. The number of nitrogens with zero attached hydrogens (tertiary/aromatic N) is 3. The first-order valence-electron chi connectivity index (χ1n) is 8.51. The summed E-state index contributed by atoms with van der Waals surface area (Å²) < 4.78 is 1.53. The highest BCUT2D eigenvalue weighted by Crippen LogP contribution is 2.39. The quantitative estimate of drug-likeness (QED) is 0.500. The van der Waals surface area contributed by atoms with Crippen molar-refractivity contribution in [1.82, 2.24) is 14.3 Å². The molecule has 0 N–H and O–H groups in total. The second kappa shape index (κ2) is 6.40. The van der Waals surface area contributed by atoms with Gasteiger partial charge in [-0.05, 0) is 41.8 Å². The van der Waals surface area contributed by atoms with E-state index in [0.29, 0.717) is 11.5 Å². The third-order valence-corrected chi connectivity index (χ3v) is 7.77. The number of carbonyl (C=O) groups is 1. The minimum absolute atomic E-state index is 0.134. The summed E-state index contributed by atoms with van der Waals surface area (Å²) in [4.78, 5) is 35.6. The number of thiazole rings is 1. The third kappa shape index (κ3) is 2.59. The van der Waals surface area contributed by atoms with Gasteiger partial charge in [-0.25, -0.2) is 4.98 Å². The van der Waals surface area contributed by atoms with Crippen LogP contribution in [-0.2, 0) is 6.42 Å². The smallest absolute Gasteiger partial charge is 0.271 e. The van der Waals surface area contributed by atoms with Crippen LogP contribution in [0.5, 0.6) is 0 Å². The molecule has 5 heterocycles. The van der Waals surface area contributed by atoms with Crippen molar-refractivity contribution in [3.63, 3.8) is 0 Å². The van der Waals surface area contributed by atoms with E-state index in [1.807, 2.05) is 28.7 Å². The number of rotatable bonds is 2. The van der Waals surface area contributed by atoms with E-state index in [1.165, 1.54) is 32.4 Å². The lowest BCUT2D eigenvalue weighted by Crippen LogP contribution is -2.42. The SMILES string of the molecule is Cc1csc2ncc(C(=O)N3CCc4sccc4[C@@H]3c3cccs3)c(=O)n12. The minimum atomic E-state index is -0.287. The average molecular weight is 414 g/mol. The normalized spacial score (nSPS) is 16.6. The molecule has 5 rings (SSSR count). The molecule has 0 spiro atoms. The second-order valence-electron chi connectivity index (χ2n) is 6.44. The van der Waals surface area contributed by atoms with Crippen molar-refractivity contribution in [1.29, 1.82) is 0 Å². The molecule has 0 fully saturated rings. The molecule has 0 aliphatic carbocycles. The number of carbonyl (C=O) groups excluding carboxylic acids is 1. The molecule has 1 atom stereocenters. The van der Waals surface area contributed by atoms with Crippen molar-refractivity contribution in [3.8, 4) is 0 Å². The van der Waals surface area contributed by atoms with E-state index in [1.54, 1.807) is 22.7 Å². The topological polar surface area (TPSA) is 54.7 Å². The molecule has 0 saturated carbocycles. The second-order valence-corrected chi connectivity index (χ2v) is 9.25. The first kappa shape index (κ1) is 16.9. The molecule has 27 heavy (non-hydrogen) atoms. The predicted molar refractivity (Wildman–Crippen MR) is 109 cm³/mol. The van der Waals surface area contributed by atoms with Crippen LogP contribution in [0.4, 0.5) is 0 Å². The molecule has 0 bridgehead atoms. The number of fused-ring (bicyclic) bond motifs is 2. The van der Waals surface area contributed by atoms with E-state index in [4.69, 9.17) is 0 Å². The molecule has 0 unspecified atom stereocenters. The van der Waals surface area contributed by atoms with Crippen LogP contribution >= 0.6 is 34.0 Å². The van der Waals surface area contributed by atoms with Gasteiger partial charge in [-0.3, -0.25) is 14.0 Å². The molecule has 5 nitrogen and oxygen atoms in total. The van der Waals surface area contributed by atoms with Crippen molar-refractivity contribution in [2.75, 3.05) is 6.54 Å². The van der Waals surface area contributed by atoms with Gasteiger partial charge in [0.25, 0.3) is 11.5 Å². The van der Waals surface area contributed by atoms with Gasteiger partial charge in [0.05, 0.1) is 6.04 Å². The Bertz CT molecular complexity index is 1200. The summed E-state index contributed by atoms with van der Waals surface area (Å²) in [5.41, 5.74) is 1.82. The third-order valence-electron chi connectivity index (χ3n) is 4.89. The largest absolute Gasteiger partial charge is 0.326 e. The Kier molecular flexibility index (Phi) is 3.99. The highest BCUT2D eigenvalue weighted by Gasteiger charge is 2.35. The van der Waals surface area contributed by atoms with Crippen molar-refractivity contribution in [3.05, 3.63) is 77.5 Å². The molecule has 0 aromatic carbocycles. The molecule has 0 saturated heterocycles. The lowest BCUT2D eigenvalue weighted by Gasteiger charge is -2.35. The highest BCUT2D eigenvalue weighted by molar-refractivity contribution is 7.15. The number of hydrogen-bond donors (Lipinski definition) is 0. The van der Waals surface area contributed by atoms with E-state index in [9.17, 15) is 9.59 Å². The predicted octanol–water partition coefficient (Wildman–Crippen LogP) is 3.98. The molecule has 0 radical (unpaired) electrons. The fraction of sp³-hybridized carbons (Fsp3) is 0.211. The zero-order valence-corrected chi connectivity index (χ0v) is 16.9. The monoisotopic (exact) mass is 413 g/mol. The van der Waals surface area contributed by atoms with E-state index in [-0.39, 0.29) is 23.1 Å². The van der Waals surface area contributed by atoms with Crippen LogP contribution < -0.4 is 5.56 Å². The van der Waals surface area contributed by atoms with E-state index >= 15 is 0 Å².